The summed E-state index contributed by atoms with van der Waals surface area (Å²) in [6.07, 6.45) is 18.0. The van der Waals surface area contributed by atoms with E-state index in [1.165, 1.54) is 70.6 Å². The van der Waals surface area contributed by atoms with Crippen LogP contribution in [0.2, 0.25) is 0 Å². The van der Waals surface area contributed by atoms with E-state index in [1.54, 1.807) is 0 Å². The van der Waals surface area contributed by atoms with Gasteiger partial charge in [-0.25, -0.2) is 4.98 Å². The fraction of sp³-hybridized carbons (Fsp3) is 0.783. The van der Waals surface area contributed by atoms with Gasteiger partial charge in [0, 0.05) is 18.0 Å². The van der Waals surface area contributed by atoms with Gasteiger partial charge in [0.15, 0.2) is 11.2 Å². The monoisotopic (exact) mass is 397 g/mol. The largest absolute Gasteiger partial charge is 0.369 e. The predicted octanol–water partition coefficient (Wildman–Crippen LogP) is 5.23. The molecular formula is C23H35N5O. The molecule has 5 rings (SSSR count). The van der Waals surface area contributed by atoms with Crippen LogP contribution in [0.4, 0.5) is 5.95 Å². The summed E-state index contributed by atoms with van der Waals surface area (Å²) in [6, 6.07) is 0.588. The van der Waals surface area contributed by atoms with Gasteiger partial charge in [0.1, 0.15) is 5.82 Å². The second-order valence-corrected chi connectivity index (χ2v) is 9.58. The van der Waals surface area contributed by atoms with Crippen LogP contribution >= 0.6 is 0 Å². The minimum atomic E-state index is 0.0551. The van der Waals surface area contributed by atoms with Crippen molar-refractivity contribution >= 4 is 17.1 Å². The van der Waals surface area contributed by atoms with Crippen molar-refractivity contribution < 1.29 is 0 Å². The van der Waals surface area contributed by atoms with Gasteiger partial charge < -0.3 is 10.3 Å². The molecule has 0 bridgehead atoms. The van der Waals surface area contributed by atoms with Gasteiger partial charge in [-0.1, -0.05) is 57.8 Å². The second-order valence-electron chi connectivity index (χ2n) is 9.58. The number of nitrogens with zero attached hydrogens (tertiary/aromatic N) is 4. The zero-order chi connectivity index (χ0) is 19.8. The summed E-state index contributed by atoms with van der Waals surface area (Å²) < 4.78 is 4.16. The molecule has 3 saturated carbocycles. The SMILES string of the molecule is Nc1nc2nc(C3CCCCC3)n(C3CCCCC3)c2c(=O)n1C1CCCCC1. The summed E-state index contributed by atoms with van der Waals surface area (Å²) in [5.74, 6) is 1.94. The Morgan fingerprint density at radius 2 is 1.21 bits per heavy atom. The van der Waals surface area contributed by atoms with Gasteiger partial charge >= 0.3 is 0 Å². The minimum Gasteiger partial charge on any atom is -0.369 e. The smallest absolute Gasteiger partial charge is 0.281 e. The molecule has 2 heterocycles. The quantitative estimate of drug-likeness (QED) is 0.769. The number of rotatable bonds is 3. The molecule has 0 radical (unpaired) electrons. The lowest BCUT2D eigenvalue weighted by Crippen LogP contribution is -2.31. The van der Waals surface area contributed by atoms with Crippen molar-refractivity contribution in [3.05, 3.63) is 16.2 Å². The van der Waals surface area contributed by atoms with E-state index in [4.69, 9.17) is 15.7 Å². The Hall–Kier alpha value is -1.85. The van der Waals surface area contributed by atoms with Crippen LogP contribution in [0, 0.1) is 0 Å². The van der Waals surface area contributed by atoms with Crippen molar-refractivity contribution in [2.45, 2.75) is 114 Å². The minimum absolute atomic E-state index is 0.0551. The summed E-state index contributed by atoms with van der Waals surface area (Å²) in [4.78, 5) is 23.5. The standard InChI is InChI=1S/C23H35N5O/c24-23-26-20-19(22(29)28(23)18-14-8-3-9-15-18)27(17-12-6-2-7-13-17)21(25-20)16-10-4-1-5-11-16/h16-18H,1-15H2,(H2,24,26). The Morgan fingerprint density at radius 1 is 0.690 bits per heavy atom. The highest BCUT2D eigenvalue weighted by molar-refractivity contribution is 5.72. The van der Waals surface area contributed by atoms with E-state index < -0.39 is 0 Å². The summed E-state index contributed by atoms with van der Waals surface area (Å²) >= 11 is 0. The molecular weight excluding hydrogens is 362 g/mol. The van der Waals surface area contributed by atoms with Gasteiger partial charge in [0.25, 0.3) is 5.56 Å². The topological polar surface area (TPSA) is 78.7 Å². The van der Waals surface area contributed by atoms with Crippen LogP contribution in [0.15, 0.2) is 4.79 Å². The molecule has 3 aliphatic rings. The zero-order valence-electron chi connectivity index (χ0n) is 17.6. The first-order valence-electron chi connectivity index (χ1n) is 12.0. The Labute approximate surface area is 172 Å². The molecule has 0 aliphatic heterocycles. The number of nitrogens with two attached hydrogens (primary N) is 1. The van der Waals surface area contributed by atoms with Gasteiger partial charge in [0.2, 0.25) is 5.95 Å². The van der Waals surface area contributed by atoms with Crippen molar-refractivity contribution in [1.82, 2.24) is 19.1 Å². The average molecular weight is 398 g/mol. The third-order valence-corrected chi connectivity index (χ3v) is 7.66. The number of aromatic nitrogens is 4. The highest BCUT2D eigenvalue weighted by Crippen LogP contribution is 2.38. The van der Waals surface area contributed by atoms with E-state index in [0.29, 0.717) is 23.6 Å². The molecule has 0 atom stereocenters. The van der Waals surface area contributed by atoms with Gasteiger partial charge in [0.05, 0.1) is 0 Å². The molecule has 3 fully saturated rings. The Kier molecular flexibility index (Phi) is 5.35. The van der Waals surface area contributed by atoms with Crippen LogP contribution in [0.3, 0.4) is 0 Å². The van der Waals surface area contributed by atoms with Gasteiger partial charge in [-0.2, -0.15) is 4.98 Å². The lowest BCUT2D eigenvalue weighted by molar-refractivity contribution is 0.330. The maximum Gasteiger partial charge on any atom is 0.281 e. The molecule has 0 saturated heterocycles. The van der Waals surface area contributed by atoms with Crippen LogP contribution in [-0.2, 0) is 0 Å². The van der Waals surface area contributed by atoms with Gasteiger partial charge in [-0.15, -0.1) is 0 Å². The first-order valence-corrected chi connectivity index (χ1v) is 12.0. The van der Waals surface area contributed by atoms with Crippen molar-refractivity contribution in [1.29, 1.82) is 0 Å². The second kappa shape index (κ2) is 8.11. The predicted molar refractivity (Wildman–Crippen MR) is 116 cm³/mol. The van der Waals surface area contributed by atoms with Crippen LogP contribution in [0.1, 0.15) is 120 Å². The normalized spacial score (nSPS) is 23.0. The lowest BCUT2D eigenvalue weighted by Gasteiger charge is -2.29. The van der Waals surface area contributed by atoms with E-state index in [0.717, 1.165) is 37.0 Å². The molecule has 29 heavy (non-hydrogen) atoms. The Balaban J connectivity index is 1.68. The van der Waals surface area contributed by atoms with Crippen LogP contribution in [-0.4, -0.2) is 19.1 Å². The number of imidazole rings is 1. The molecule has 6 heteroatoms. The van der Waals surface area contributed by atoms with E-state index >= 15 is 0 Å². The van der Waals surface area contributed by atoms with Gasteiger partial charge in [-0.05, 0) is 38.5 Å². The average Bonchev–Trinajstić information content (AvgIpc) is 3.15. The Morgan fingerprint density at radius 3 is 1.79 bits per heavy atom. The number of anilines is 1. The fourth-order valence-electron chi connectivity index (χ4n) is 6.14. The van der Waals surface area contributed by atoms with Crippen LogP contribution in [0.25, 0.3) is 11.2 Å². The van der Waals surface area contributed by atoms with Crippen LogP contribution in [0.5, 0.6) is 0 Å². The molecule has 158 valence electrons. The molecule has 0 aromatic carbocycles. The first-order chi connectivity index (χ1) is 14.2. The first kappa shape index (κ1) is 19.1. The summed E-state index contributed by atoms with van der Waals surface area (Å²) in [5.41, 5.74) is 7.71. The van der Waals surface area contributed by atoms with Crippen molar-refractivity contribution in [2.75, 3.05) is 5.73 Å². The summed E-state index contributed by atoms with van der Waals surface area (Å²) in [7, 11) is 0. The third-order valence-electron chi connectivity index (χ3n) is 7.66. The van der Waals surface area contributed by atoms with Crippen molar-refractivity contribution in [3.63, 3.8) is 0 Å². The van der Waals surface area contributed by atoms with Crippen molar-refractivity contribution in [2.24, 2.45) is 0 Å². The van der Waals surface area contributed by atoms with E-state index in [-0.39, 0.29) is 11.6 Å². The number of fused-ring (bicyclic) bond motifs is 1. The molecule has 3 aliphatic carbocycles. The molecule has 2 N–H and O–H groups in total. The molecule has 2 aromatic rings. The zero-order valence-corrected chi connectivity index (χ0v) is 17.6. The van der Waals surface area contributed by atoms with E-state index in [1.807, 2.05) is 4.57 Å². The lowest BCUT2D eigenvalue weighted by atomic mass is 9.88. The summed E-state index contributed by atoms with van der Waals surface area (Å²) in [5, 5.41) is 0. The molecule has 0 spiro atoms. The highest BCUT2D eigenvalue weighted by atomic mass is 16.1. The highest BCUT2D eigenvalue weighted by Gasteiger charge is 2.31. The number of hydrogen-bond acceptors (Lipinski definition) is 4. The molecule has 0 unspecified atom stereocenters. The van der Waals surface area contributed by atoms with Crippen molar-refractivity contribution in [3.8, 4) is 0 Å². The van der Waals surface area contributed by atoms with E-state index in [9.17, 15) is 4.79 Å². The third kappa shape index (κ3) is 3.49. The maximum absolute atomic E-state index is 13.8. The number of hydrogen-bond donors (Lipinski definition) is 1. The van der Waals surface area contributed by atoms with Gasteiger partial charge in [-0.3, -0.25) is 9.36 Å². The summed E-state index contributed by atoms with van der Waals surface area (Å²) in [6.45, 7) is 0. The van der Waals surface area contributed by atoms with Crippen LogP contribution < -0.4 is 11.3 Å². The van der Waals surface area contributed by atoms with E-state index in [2.05, 4.69) is 4.57 Å². The fourth-order valence-corrected chi connectivity index (χ4v) is 6.14. The number of nitrogen functional groups attached to an aromatic ring is 1. The maximum atomic E-state index is 13.8. The Bertz CT molecular complexity index is 911. The molecule has 2 aromatic heterocycles. The molecule has 0 amide bonds. The molecule has 6 nitrogen and oxygen atoms in total.